The summed E-state index contributed by atoms with van der Waals surface area (Å²) >= 11 is 0. The van der Waals surface area contributed by atoms with Crippen molar-refractivity contribution in [1.29, 1.82) is 0 Å². The maximum absolute atomic E-state index is 11.4. The van der Waals surface area contributed by atoms with E-state index in [0.717, 1.165) is 12.0 Å². The Bertz CT molecular complexity index is 559. The van der Waals surface area contributed by atoms with Gasteiger partial charge >= 0.3 is 0 Å². The van der Waals surface area contributed by atoms with Crippen LogP contribution in [0.15, 0.2) is 23.2 Å². The predicted octanol–water partition coefficient (Wildman–Crippen LogP) is 0.923. The fourth-order valence-electron chi connectivity index (χ4n) is 1.98. The lowest BCUT2D eigenvalue weighted by Crippen LogP contribution is -2.39. The highest BCUT2D eigenvalue weighted by Gasteiger charge is 2.05. The number of carbonyl (C=O) groups excluding carboxylic acids is 1. The molecule has 0 aliphatic carbocycles. The number of amides is 1. The van der Waals surface area contributed by atoms with E-state index < -0.39 is 0 Å². The smallest absolute Gasteiger partial charge is 0.222 e. The highest BCUT2D eigenvalue weighted by molar-refractivity contribution is 5.79. The second kappa shape index (κ2) is 10.4. The Morgan fingerprint density at radius 3 is 2.46 bits per heavy atom. The van der Waals surface area contributed by atoms with Gasteiger partial charge in [-0.05, 0) is 24.1 Å². The van der Waals surface area contributed by atoms with Crippen molar-refractivity contribution in [3.63, 3.8) is 0 Å². The van der Waals surface area contributed by atoms with Gasteiger partial charge in [0.2, 0.25) is 5.91 Å². The summed E-state index contributed by atoms with van der Waals surface area (Å²) in [5, 5.41) is 5.78. The number of nitrogens with one attached hydrogen (secondary N) is 2. The first-order valence-electron chi connectivity index (χ1n) is 8.00. The van der Waals surface area contributed by atoms with Crippen LogP contribution in [0.4, 0.5) is 0 Å². The van der Waals surface area contributed by atoms with Crippen LogP contribution in [0.2, 0.25) is 0 Å². The minimum atomic E-state index is -0.0162. The Kier molecular flexibility index (Phi) is 8.46. The Labute approximate surface area is 143 Å². The van der Waals surface area contributed by atoms with Gasteiger partial charge in [-0.2, -0.15) is 0 Å². The number of benzene rings is 1. The molecule has 0 spiro atoms. The normalized spacial score (nSPS) is 11.3. The number of nitrogens with zero attached hydrogens (tertiary/aromatic N) is 1. The molecule has 4 N–H and O–H groups in total. The first kappa shape index (κ1) is 19.6. The van der Waals surface area contributed by atoms with Crippen molar-refractivity contribution in [3.8, 4) is 11.5 Å². The molecule has 0 bridgehead atoms. The molecule has 1 amide bonds. The van der Waals surface area contributed by atoms with Gasteiger partial charge in [-0.1, -0.05) is 19.9 Å². The summed E-state index contributed by atoms with van der Waals surface area (Å²) in [7, 11) is 3.22. The molecule has 134 valence electrons. The number of carbonyl (C=O) groups is 1. The topological polar surface area (TPSA) is 98.0 Å². The first-order chi connectivity index (χ1) is 11.5. The lowest BCUT2D eigenvalue weighted by atomic mass is 10.1. The maximum atomic E-state index is 11.4. The molecule has 0 radical (unpaired) electrons. The van der Waals surface area contributed by atoms with Crippen LogP contribution in [0.1, 0.15) is 19.4 Å². The summed E-state index contributed by atoms with van der Waals surface area (Å²) in [6, 6.07) is 5.78. The molecule has 24 heavy (non-hydrogen) atoms. The second-order valence-electron chi connectivity index (χ2n) is 5.58. The van der Waals surface area contributed by atoms with Gasteiger partial charge < -0.3 is 25.8 Å². The maximum Gasteiger partial charge on any atom is 0.222 e. The zero-order valence-electron chi connectivity index (χ0n) is 14.9. The Balaban J connectivity index is 2.34. The number of rotatable bonds is 9. The summed E-state index contributed by atoms with van der Waals surface area (Å²) < 4.78 is 10.5. The second-order valence-corrected chi connectivity index (χ2v) is 5.58. The van der Waals surface area contributed by atoms with E-state index in [-0.39, 0.29) is 11.8 Å². The number of methoxy groups -OCH3 is 2. The summed E-state index contributed by atoms with van der Waals surface area (Å²) in [5.74, 6) is 1.79. The van der Waals surface area contributed by atoms with Crippen molar-refractivity contribution >= 4 is 11.9 Å². The van der Waals surface area contributed by atoms with E-state index in [1.54, 1.807) is 14.2 Å². The van der Waals surface area contributed by atoms with Crippen molar-refractivity contribution in [2.45, 2.75) is 20.3 Å². The third-order valence-corrected chi connectivity index (χ3v) is 3.39. The fraction of sp³-hybridized carbons (Fsp3) is 0.529. The molecular weight excluding hydrogens is 308 g/mol. The highest BCUT2D eigenvalue weighted by atomic mass is 16.5. The lowest BCUT2D eigenvalue weighted by molar-refractivity contribution is -0.123. The minimum absolute atomic E-state index is 0.0162. The third kappa shape index (κ3) is 6.76. The van der Waals surface area contributed by atoms with Crippen molar-refractivity contribution in [1.82, 2.24) is 10.6 Å². The molecule has 7 heteroatoms. The molecule has 1 rings (SSSR count). The number of hydrogen-bond donors (Lipinski definition) is 3. The number of ether oxygens (including phenoxy) is 2. The molecule has 0 atom stereocenters. The molecule has 1 aromatic rings. The Morgan fingerprint density at radius 1 is 1.17 bits per heavy atom. The number of guanidine groups is 1. The van der Waals surface area contributed by atoms with Crippen LogP contribution in [0.5, 0.6) is 11.5 Å². The van der Waals surface area contributed by atoms with Crippen molar-refractivity contribution < 1.29 is 14.3 Å². The molecule has 0 aliphatic heterocycles. The lowest BCUT2D eigenvalue weighted by Gasteiger charge is -2.10. The van der Waals surface area contributed by atoms with Gasteiger partial charge in [0.15, 0.2) is 17.5 Å². The zero-order valence-corrected chi connectivity index (χ0v) is 14.9. The summed E-state index contributed by atoms with van der Waals surface area (Å²) in [4.78, 5) is 15.7. The molecule has 0 aromatic heterocycles. The van der Waals surface area contributed by atoms with E-state index in [1.165, 1.54) is 0 Å². The average Bonchev–Trinajstić information content (AvgIpc) is 2.58. The van der Waals surface area contributed by atoms with Gasteiger partial charge in [-0.25, -0.2) is 0 Å². The van der Waals surface area contributed by atoms with Crippen LogP contribution in [-0.4, -0.2) is 45.7 Å². The molecular formula is C17H28N4O3. The summed E-state index contributed by atoms with van der Waals surface area (Å²) in [5.41, 5.74) is 6.89. The number of aliphatic imine (C=N–C) groups is 1. The van der Waals surface area contributed by atoms with Crippen molar-refractivity contribution in [2.24, 2.45) is 16.6 Å². The van der Waals surface area contributed by atoms with E-state index >= 15 is 0 Å². The highest BCUT2D eigenvalue weighted by Crippen LogP contribution is 2.27. The molecule has 0 saturated carbocycles. The zero-order chi connectivity index (χ0) is 17.9. The SMILES string of the molecule is COc1ccc(CCN=C(N)NCCNC(=O)C(C)C)cc1OC. The molecule has 0 heterocycles. The van der Waals surface area contributed by atoms with Crippen LogP contribution in [0.3, 0.4) is 0 Å². The van der Waals surface area contributed by atoms with Crippen LogP contribution in [0, 0.1) is 5.92 Å². The molecule has 0 saturated heterocycles. The van der Waals surface area contributed by atoms with Gasteiger partial charge in [0, 0.05) is 25.6 Å². The van der Waals surface area contributed by atoms with Crippen LogP contribution in [0.25, 0.3) is 0 Å². The molecule has 0 unspecified atom stereocenters. The van der Waals surface area contributed by atoms with Crippen molar-refractivity contribution in [2.75, 3.05) is 33.9 Å². The van der Waals surface area contributed by atoms with Crippen LogP contribution in [-0.2, 0) is 11.2 Å². The molecule has 1 aromatic carbocycles. The van der Waals surface area contributed by atoms with Gasteiger partial charge in [0.05, 0.1) is 14.2 Å². The Hall–Kier alpha value is -2.44. The van der Waals surface area contributed by atoms with Crippen LogP contribution >= 0.6 is 0 Å². The van der Waals surface area contributed by atoms with Gasteiger partial charge in [0.25, 0.3) is 0 Å². The summed E-state index contributed by atoms with van der Waals surface area (Å²) in [6.07, 6.45) is 0.743. The minimum Gasteiger partial charge on any atom is -0.493 e. The first-order valence-corrected chi connectivity index (χ1v) is 8.00. The van der Waals surface area contributed by atoms with E-state index in [1.807, 2.05) is 32.0 Å². The van der Waals surface area contributed by atoms with E-state index in [2.05, 4.69) is 15.6 Å². The van der Waals surface area contributed by atoms with Crippen LogP contribution < -0.4 is 25.8 Å². The quantitative estimate of drug-likeness (QED) is 0.354. The average molecular weight is 336 g/mol. The van der Waals surface area contributed by atoms with Gasteiger partial charge in [0.1, 0.15) is 0 Å². The van der Waals surface area contributed by atoms with Crippen molar-refractivity contribution in [3.05, 3.63) is 23.8 Å². The van der Waals surface area contributed by atoms with E-state index in [0.29, 0.717) is 37.1 Å². The van der Waals surface area contributed by atoms with Gasteiger partial charge in [-0.3, -0.25) is 9.79 Å². The number of nitrogens with two attached hydrogens (primary N) is 1. The number of hydrogen-bond acceptors (Lipinski definition) is 4. The summed E-state index contributed by atoms with van der Waals surface area (Å²) in [6.45, 7) is 5.33. The van der Waals surface area contributed by atoms with E-state index in [4.69, 9.17) is 15.2 Å². The molecule has 0 aliphatic rings. The largest absolute Gasteiger partial charge is 0.493 e. The molecule has 7 nitrogen and oxygen atoms in total. The molecule has 0 fully saturated rings. The predicted molar refractivity (Wildman–Crippen MR) is 95.6 cm³/mol. The Morgan fingerprint density at radius 2 is 1.83 bits per heavy atom. The third-order valence-electron chi connectivity index (χ3n) is 3.39. The fourth-order valence-corrected chi connectivity index (χ4v) is 1.98. The monoisotopic (exact) mass is 336 g/mol. The van der Waals surface area contributed by atoms with Gasteiger partial charge in [-0.15, -0.1) is 0 Å². The standard InChI is InChI=1S/C17H28N4O3/c1-12(2)16(22)19-9-10-21-17(18)20-8-7-13-5-6-14(23-3)15(11-13)24-4/h5-6,11-12H,7-10H2,1-4H3,(H,19,22)(H3,18,20,21). The van der Waals surface area contributed by atoms with E-state index in [9.17, 15) is 4.79 Å².